The van der Waals surface area contributed by atoms with Gasteiger partial charge in [-0.15, -0.1) is 0 Å². The van der Waals surface area contributed by atoms with Crippen LogP contribution in [0.25, 0.3) is 99.7 Å². The monoisotopic (exact) mass is 1450 g/mol. The summed E-state index contributed by atoms with van der Waals surface area (Å²) in [5, 5.41) is 24.3. The second-order valence-electron chi connectivity index (χ2n) is 34.0. The molecule has 0 atom stereocenters. The van der Waals surface area contributed by atoms with E-state index in [1.807, 2.05) is 24.3 Å². The van der Waals surface area contributed by atoms with Crippen molar-refractivity contribution in [2.75, 3.05) is 0 Å². The van der Waals surface area contributed by atoms with Crippen molar-refractivity contribution in [1.29, 1.82) is 0 Å². The lowest BCUT2D eigenvalue weighted by Gasteiger charge is -2.34. The fraction of sp³-hybridized carbons (Fsp3) is 0.486. The van der Waals surface area contributed by atoms with Gasteiger partial charge in [0.05, 0.1) is 0 Å². The van der Waals surface area contributed by atoms with Gasteiger partial charge in [-0.2, -0.15) is 0 Å². The summed E-state index contributed by atoms with van der Waals surface area (Å²) in [6, 6.07) is 62.3. The topological polar surface area (TPSA) is 66.2 Å². The Bertz CT molecular complexity index is 4300. The van der Waals surface area contributed by atoms with Gasteiger partial charge in [-0.05, 0) is 223 Å². The van der Waals surface area contributed by atoms with Crippen LogP contribution < -0.4 is 0 Å². The van der Waals surface area contributed by atoms with Crippen molar-refractivity contribution in [1.82, 2.24) is 9.97 Å². The zero-order valence-electron chi connectivity index (χ0n) is 68.2. The first-order chi connectivity index (χ1) is 53.6. The van der Waals surface area contributed by atoms with Gasteiger partial charge in [0.15, 0.2) is 0 Å². The van der Waals surface area contributed by atoms with Gasteiger partial charge in [0.25, 0.3) is 0 Å². The minimum Gasteiger partial charge on any atom is -0.506 e. The summed E-state index contributed by atoms with van der Waals surface area (Å²) < 4.78 is 0. The fourth-order valence-electron chi connectivity index (χ4n) is 20.6. The average molecular weight is 1450 g/mol. The van der Waals surface area contributed by atoms with E-state index in [4.69, 9.17) is 9.97 Å². The zero-order chi connectivity index (χ0) is 75.4. The molecule has 10 aromatic rings. The molecule has 3 aliphatic rings. The molecule has 0 unspecified atom stereocenters. The summed E-state index contributed by atoms with van der Waals surface area (Å²) in [5.41, 5.74) is 28.9. The number of phenols is 2. The van der Waals surface area contributed by atoms with E-state index in [-0.39, 0.29) is 27.7 Å². The molecule has 3 aliphatic carbocycles. The molecule has 4 nitrogen and oxygen atoms in total. The summed E-state index contributed by atoms with van der Waals surface area (Å²) in [4.78, 5) is 9.41. The molecule has 8 aromatic carbocycles. The molecule has 2 heterocycles. The van der Waals surface area contributed by atoms with E-state index >= 15 is 0 Å². The third-order valence-corrected chi connectivity index (χ3v) is 26.6. The molecule has 0 fully saturated rings. The Morgan fingerprint density at radius 2 is 0.422 bits per heavy atom. The van der Waals surface area contributed by atoms with Gasteiger partial charge in [0.1, 0.15) is 22.5 Å². The molecule has 0 radical (unpaired) electrons. The lowest BCUT2D eigenvalue weighted by Crippen LogP contribution is -2.26. The van der Waals surface area contributed by atoms with Gasteiger partial charge in [-0.25, -0.2) is 0 Å². The second kappa shape index (κ2) is 38.4. The molecule has 574 valence electrons. The number of aromatic hydroxyl groups is 2. The first kappa shape index (κ1) is 79.3. The number of phenolic OH excluding ortho intramolecular Hbond substituents is 2. The van der Waals surface area contributed by atoms with E-state index in [0.717, 1.165) is 47.6 Å². The van der Waals surface area contributed by atoms with Crippen molar-refractivity contribution in [2.24, 2.45) is 0 Å². The molecule has 2 aromatic heterocycles. The van der Waals surface area contributed by atoms with Crippen molar-refractivity contribution in [3.05, 3.63) is 203 Å². The van der Waals surface area contributed by atoms with E-state index < -0.39 is 0 Å². The molecule has 0 bridgehead atoms. The molecule has 0 aliphatic heterocycles. The molecule has 109 heavy (non-hydrogen) atoms. The SMILES string of the molecule is CCCCCCCCC1(CCCCCCCC)c2cc(-c3ccc4c(c3)C(CCCCCCCC)(CCCCCCCC)c3cc(-c5ccc(O)c6ncccc56)ccc3-4)ccc2-c2ccc(-c3ccc4c(c3)C(CCCCCCCC)(CCCCCCCC)c3cc(-c5ccc(O)c6ncccc56)ccc3-4)cc21. The number of rotatable bonds is 46. The minimum atomic E-state index is -0.133. The van der Waals surface area contributed by atoms with Crippen molar-refractivity contribution in [3.63, 3.8) is 0 Å². The summed E-state index contributed by atoms with van der Waals surface area (Å²) in [5.74, 6) is 0.472. The number of hydrogen-bond donors (Lipinski definition) is 2. The van der Waals surface area contributed by atoms with E-state index in [9.17, 15) is 10.2 Å². The van der Waals surface area contributed by atoms with E-state index in [2.05, 4.69) is 175 Å². The van der Waals surface area contributed by atoms with Crippen LogP contribution in [0.3, 0.4) is 0 Å². The average Bonchev–Trinajstić information content (AvgIpc) is 1.57. The van der Waals surface area contributed by atoms with Crippen LogP contribution in [0.5, 0.6) is 11.5 Å². The molecule has 2 N–H and O–H groups in total. The highest BCUT2D eigenvalue weighted by Crippen LogP contribution is 2.61. The van der Waals surface area contributed by atoms with Gasteiger partial charge >= 0.3 is 0 Å². The normalized spacial score (nSPS) is 14.0. The van der Waals surface area contributed by atoms with Crippen LogP contribution >= 0.6 is 0 Å². The highest BCUT2D eigenvalue weighted by molar-refractivity contribution is 6.00. The van der Waals surface area contributed by atoms with Crippen LogP contribution in [0.4, 0.5) is 0 Å². The maximum Gasteiger partial charge on any atom is 0.141 e. The van der Waals surface area contributed by atoms with Crippen LogP contribution in [0.2, 0.25) is 0 Å². The molecule has 0 saturated heterocycles. The third-order valence-electron chi connectivity index (χ3n) is 26.6. The number of hydrogen-bond acceptors (Lipinski definition) is 4. The summed E-state index contributed by atoms with van der Waals surface area (Å²) in [7, 11) is 0. The largest absolute Gasteiger partial charge is 0.506 e. The number of fused-ring (bicyclic) bond motifs is 11. The Hall–Kier alpha value is -7.82. The van der Waals surface area contributed by atoms with E-state index in [1.54, 1.807) is 34.6 Å². The van der Waals surface area contributed by atoms with E-state index in [1.165, 1.54) is 322 Å². The Kier molecular flexibility index (Phi) is 27.9. The Balaban J connectivity index is 0.932. The third kappa shape index (κ3) is 17.3. The van der Waals surface area contributed by atoms with Gasteiger partial charge in [0, 0.05) is 39.4 Å². The molecular formula is C105H132N2O2. The molecule has 13 rings (SSSR count). The van der Waals surface area contributed by atoms with Gasteiger partial charge in [0.2, 0.25) is 0 Å². The highest BCUT2D eigenvalue weighted by Gasteiger charge is 2.47. The molecule has 4 heteroatoms. The maximum absolute atomic E-state index is 11.1. The first-order valence-corrected chi connectivity index (χ1v) is 44.7. The van der Waals surface area contributed by atoms with Crippen LogP contribution in [0, 0.1) is 0 Å². The van der Waals surface area contributed by atoms with E-state index in [0.29, 0.717) is 11.0 Å². The molecule has 0 amide bonds. The zero-order valence-corrected chi connectivity index (χ0v) is 68.2. The quantitative estimate of drug-likeness (QED) is 0.0373. The number of pyridine rings is 2. The van der Waals surface area contributed by atoms with Crippen LogP contribution in [-0.2, 0) is 16.2 Å². The van der Waals surface area contributed by atoms with Crippen molar-refractivity contribution in [3.8, 4) is 89.4 Å². The number of unbranched alkanes of at least 4 members (excludes halogenated alkanes) is 30. The number of nitrogens with zero attached hydrogens (tertiary/aromatic N) is 2. The first-order valence-electron chi connectivity index (χ1n) is 44.7. The Morgan fingerprint density at radius 3 is 0.661 bits per heavy atom. The second-order valence-corrected chi connectivity index (χ2v) is 34.0. The lowest BCUT2D eigenvalue weighted by molar-refractivity contribution is 0.397. The van der Waals surface area contributed by atoms with Crippen molar-refractivity contribution >= 4 is 21.8 Å². The Morgan fingerprint density at radius 1 is 0.220 bits per heavy atom. The Labute approximate surface area is 658 Å². The van der Waals surface area contributed by atoms with Crippen LogP contribution in [0.15, 0.2) is 170 Å². The summed E-state index contributed by atoms with van der Waals surface area (Å²) in [6.07, 6.45) is 56.7. The van der Waals surface area contributed by atoms with Crippen LogP contribution in [0.1, 0.15) is 345 Å². The number of aromatic nitrogens is 2. The maximum atomic E-state index is 11.1. The van der Waals surface area contributed by atoms with Crippen LogP contribution in [-0.4, -0.2) is 20.2 Å². The summed E-state index contributed by atoms with van der Waals surface area (Å²) in [6.45, 7) is 14.1. The molecule has 0 spiro atoms. The smallest absolute Gasteiger partial charge is 0.141 e. The standard InChI is InChI=1S/C105H132N2O2/c1-7-13-19-25-31-37-63-103(64-38-32-26-20-14-8-2)93-71-77(79-49-55-87-89-57-51-81(83-59-61-99(108)101-91(83)45-43-69-106-101)75-97(89)104(95(87)73-79,65-39-33-27-21-15-9-3)66-40-34-28-22-16-10-4)47-53-85(93)86-54-48-78(72-94(86)103)80-50-56-88-90-58-52-82(84-60-62-100(109)102-92(84)46-44-70-107-102)76-98(90)105(96(88)74-80,67-41-35-29-23-17-11-5)68-42-36-30-24-18-12-6/h43-62,69-76,108-109H,7-42,63-68H2,1-6H3. The predicted octanol–water partition coefficient (Wildman–Crippen LogP) is 32.2. The van der Waals surface area contributed by atoms with Crippen molar-refractivity contribution in [2.45, 2.75) is 327 Å². The molecular weight excluding hydrogens is 1320 g/mol. The number of benzene rings is 8. The summed E-state index contributed by atoms with van der Waals surface area (Å²) >= 11 is 0. The fourth-order valence-corrected chi connectivity index (χ4v) is 20.6. The lowest BCUT2D eigenvalue weighted by atomic mass is 9.69. The van der Waals surface area contributed by atoms with Gasteiger partial charge in [-0.1, -0.05) is 358 Å². The van der Waals surface area contributed by atoms with Gasteiger partial charge < -0.3 is 10.2 Å². The van der Waals surface area contributed by atoms with Crippen molar-refractivity contribution < 1.29 is 10.2 Å². The molecule has 0 saturated carbocycles. The minimum absolute atomic E-state index is 0.126. The van der Waals surface area contributed by atoms with Gasteiger partial charge in [-0.3, -0.25) is 9.97 Å². The highest BCUT2D eigenvalue weighted by atomic mass is 16.3. The predicted molar refractivity (Wildman–Crippen MR) is 469 cm³/mol.